The van der Waals surface area contributed by atoms with Gasteiger partial charge in [0, 0.05) is 5.56 Å². The largest absolute Gasteiger partial charge is 0.508 e. The highest BCUT2D eigenvalue weighted by Gasteiger charge is 2.33. The van der Waals surface area contributed by atoms with Crippen LogP contribution in [-0.2, 0) is 9.59 Å². The molecule has 0 saturated carbocycles. The molecule has 0 unspecified atom stereocenters. The standard InChI is InChI=1S/C22H19N3O4S2/c1-14(10-15-6-3-2-4-7-15)11-18-21(29)25(22(30)31-18)13-19(27)23-24-20(28)16-8-5-9-17(26)12-16/h2-12,26H,13H2,1H3,(H,23,27)(H,24,28). The number of thioether (sulfide) groups is 1. The fourth-order valence-corrected chi connectivity index (χ4v) is 4.03. The zero-order valence-electron chi connectivity index (χ0n) is 16.5. The summed E-state index contributed by atoms with van der Waals surface area (Å²) in [5.41, 5.74) is 6.54. The van der Waals surface area contributed by atoms with Crippen molar-refractivity contribution in [2.24, 2.45) is 0 Å². The van der Waals surface area contributed by atoms with Crippen molar-refractivity contribution in [1.82, 2.24) is 15.8 Å². The maximum absolute atomic E-state index is 12.7. The number of hydrogen-bond acceptors (Lipinski definition) is 6. The third-order valence-corrected chi connectivity index (χ3v) is 5.53. The van der Waals surface area contributed by atoms with E-state index >= 15 is 0 Å². The Balaban J connectivity index is 1.58. The summed E-state index contributed by atoms with van der Waals surface area (Å²) >= 11 is 6.35. The Morgan fingerprint density at radius 2 is 1.87 bits per heavy atom. The summed E-state index contributed by atoms with van der Waals surface area (Å²) in [6.45, 7) is 1.55. The number of phenols is 1. The van der Waals surface area contributed by atoms with Gasteiger partial charge in [0.25, 0.3) is 17.7 Å². The van der Waals surface area contributed by atoms with Crippen molar-refractivity contribution in [3.63, 3.8) is 0 Å². The van der Waals surface area contributed by atoms with Crippen molar-refractivity contribution >= 4 is 52.1 Å². The molecule has 0 spiro atoms. The van der Waals surface area contributed by atoms with E-state index in [0.717, 1.165) is 22.9 Å². The molecule has 1 aliphatic rings. The number of phenolic OH excluding ortho intramolecular Hbond substituents is 1. The van der Waals surface area contributed by atoms with Crippen molar-refractivity contribution in [3.05, 3.63) is 82.3 Å². The van der Waals surface area contributed by atoms with Gasteiger partial charge in [-0.3, -0.25) is 30.1 Å². The van der Waals surface area contributed by atoms with Gasteiger partial charge in [0.05, 0.1) is 4.91 Å². The third-order valence-electron chi connectivity index (χ3n) is 4.15. The highest BCUT2D eigenvalue weighted by molar-refractivity contribution is 8.26. The molecule has 158 valence electrons. The molecule has 1 heterocycles. The van der Waals surface area contributed by atoms with Gasteiger partial charge >= 0.3 is 0 Å². The van der Waals surface area contributed by atoms with Crippen molar-refractivity contribution in [1.29, 1.82) is 0 Å². The van der Waals surface area contributed by atoms with E-state index in [-0.39, 0.29) is 28.1 Å². The number of benzene rings is 2. The van der Waals surface area contributed by atoms with Crippen LogP contribution < -0.4 is 10.9 Å². The number of allylic oxidation sites excluding steroid dienone is 2. The molecule has 1 aliphatic heterocycles. The van der Waals surface area contributed by atoms with Crippen LogP contribution in [0.25, 0.3) is 6.08 Å². The molecule has 0 atom stereocenters. The number of hydrogen-bond donors (Lipinski definition) is 3. The fourth-order valence-electron chi connectivity index (χ4n) is 2.73. The molecule has 3 rings (SSSR count). The van der Waals surface area contributed by atoms with Gasteiger partial charge in [0.2, 0.25) is 0 Å². The second-order valence-electron chi connectivity index (χ2n) is 6.62. The van der Waals surface area contributed by atoms with Crippen LogP contribution in [0.15, 0.2) is 71.2 Å². The van der Waals surface area contributed by atoms with Crippen LogP contribution in [0.1, 0.15) is 22.8 Å². The Kier molecular flexibility index (Phi) is 7.22. The lowest BCUT2D eigenvalue weighted by Gasteiger charge is -2.14. The number of thiocarbonyl (C=S) groups is 1. The zero-order chi connectivity index (χ0) is 22.4. The lowest BCUT2D eigenvalue weighted by Crippen LogP contribution is -2.47. The molecule has 1 saturated heterocycles. The lowest BCUT2D eigenvalue weighted by molar-refractivity contribution is -0.129. The number of rotatable bonds is 5. The van der Waals surface area contributed by atoms with E-state index in [9.17, 15) is 19.5 Å². The molecule has 3 amide bonds. The molecule has 0 aliphatic carbocycles. The molecule has 31 heavy (non-hydrogen) atoms. The van der Waals surface area contributed by atoms with Crippen LogP contribution in [0.2, 0.25) is 0 Å². The number of carbonyl (C=O) groups excluding carboxylic acids is 3. The SMILES string of the molecule is CC(=Cc1ccccc1)C=C1SC(=S)N(CC(=O)NNC(=O)c2cccc(O)c2)C1=O. The minimum atomic E-state index is -0.609. The van der Waals surface area contributed by atoms with E-state index in [2.05, 4.69) is 10.9 Å². The fraction of sp³-hybridized carbons (Fsp3) is 0.0909. The van der Waals surface area contributed by atoms with Gasteiger partial charge in [-0.15, -0.1) is 0 Å². The molecule has 9 heteroatoms. The summed E-state index contributed by atoms with van der Waals surface area (Å²) in [6, 6.07) is 15.4. The van der Waals surface area contributed by atoms with Crippen LogP contribution in [0.4, 0.5) is 0 Å². The quantitative estimate of drug-likeness (QED) is 0.366. The maximum atomic E-state index is 12.7. The molecule has 3 N–H and O–H groups in total. The Hall–Kier alpha value is -3.43. The lowest BCUT2D eigenvalue weighted by atomic mass is 10.1. The molecular weight excluding hydrogens is 434 g/mol. The second-order valence-corrected chi connectivity index (χ2v) is 8.30. The normalized spacial score (nSPS) is 15.3. The van der Waals surface area contributed by atoms with Crippen molar-refractivity contribution in [2.75, 3.05) is 6.54 Å². The number of aromatic hydroxyl groups is 1. The highest BCUT2D eigenvalue weighted by atomic mass is 32.2. The van der Waals surface area contributed by atoms with Gasteiger partial charge < -0.3 is 5.11 Å². The van der Waals surface area contributed by atoms with Gasteiger partial charge in [-0.25, -0.2) is 0 Å². The molecular formula is C22H19N3O4S2. The maximum Gasteiger partial charge on any atom is 0.269 e. The summed E-state index contributed by atoms with van der Waals surface area (Å²) in [7, 11) is 0. The van der Waals surface area contributed by atoms with Crippen LogP contribution in [0.3, 0.4) is 0 Å². The topological polar surface area (TPSA) is 98.7 Å². The van der Waals surface area contributed by atoms with E-state index in [1.807, 2.05) is 43.3 Å². The van der Waals surface area contributed by atoms with E-state index < -0.39 is 11.8 Å². The summed E-state index contributed by atoms with van der Waals surface area (Å²) in [5, 5.41) is 9.42. The first kappa shape index (κ1) is 22.3. The van der Waals surface area contributed by atoms with Crippen LogP contribution in [-0.4, -0.2) is 38.6 Å². The van der Waals surface area contributed by atoms with Gasteiger partial charge in [-0.2, -0.15) is 0 Å². The average Bonchev–Trinajstić information content (AvgIpc) is 3.00. The number of hydrazine groups is 1. The Morgan fingerprint density at radius 1 is 1.13 bits per heavy atom. The first-order chi connectivity index (χ1) is 14.8. The molecule has 2 aromatic rings. The predicted octanol–water partition coefficient (Wildman–Crippen LogP) is 3.00. The van der Waals surface area contributed by atoms with E-state index in [0.29, 0.717) is 4.91 Å². The molecule has 0 radical (unpaired) electrons. The zero-order valence-corrected chi connectivity index (χ0v) is 18.1. The number of nitrogens with zero attached hydrogens (tertiary/aromatic N) is 1. The molecule has 1 fully saturated rings. The Labute approximate surface area is 188 Å². The Morgan fingerprint density at radius 3 is 2.58 bits per heavy atom. The minimum Gasteiger partial charge on any atom is -0.508 e. The van der Waals surface area contributed by atoms with Crippen molar-refractivity contribution in [2.45, 2.75) is 6.92 Å². The van der Waals surface area contributed by atoms with Crippen molar-refractivity contribution in [3.8, 4) is 5.75 Å². The number of nitrogens with one attached hydrogen (secondary N) is 2. The van der Waals surface area contributed by atoms with Crippen LogP contribution in [0.5, 0.6) is 5.75 Å². The summed E-state index contributed by atoms with van der Waals surface area (Å²) < 4.78 is 0.262. The van der Waals surface area contributed by atoms with Crippen molar-refractivity contribution < 1.29 is 19.5 Å². The predicted molar refractivity (Wildman–Crippen MR) is 124 cm³/mol. The average molecular weight is 454 g/mol. The number of carbonyl (C=O) groups is 3. The van der Waals surface area contributed by atoms with E-state index in [4.69, 9.17) is 12.2 Å². The number of amides is 3. The minimum absolute atomic E-state index is 0.0695. The highest BCUT2D eigenvalue weighted by Crippen LogP contribution is 2.31. The molecule has 7 nitrogen and oxygen atoms in total. The third kappa shape index (κ3) is 6.03. The smallest absolute Gasteiger partial charge is 0.269 e. The van der Waals surface area contributed by atoms with Crippen LogP contribution in [0, 0.1) is 0 Å². The van der Waals surface area contributed by atoms with E-state index in [1.54, 1.807) is 6.08 Å². The summed E-state index contributed by atoms with van der Waals surface area (Å²) in [4.78, 5) is 38.5. The summed E-state index contributed by atoms with van der Waals surface area (Å²) in [5.74, 6) is -1.65. The molecule has 2 aromatic carbocycles. The van der Waals surface area contributed by atoms with Gasteiger partial charge in [0.1, 0.15) is 16.6 Å². The van der Waals surface area contributed by atoms with Gasteiger partial charge in [-0.1, -0.05) is 66.5 Å². The first-order valence-corrected chi connectivity index (χ1v) is 10.4. The van der Waals surface area contributed by atoms with Gasteiger partial charge in [0.15, 0.2) is 0 Å². The second kappa shape index (κ2) is 10.1. The molecule has 0 aromatic heterocycles. The first-order valence-electron chi connectivity index (χ1n) is 9.20. The monoisotopic (exact) mass is 453 g/mol. The van der Waals surface area contributed by atoms with Crippen LogP contribution >= 0.6 is 24.0 Å². The Bertz CT molecular complexity index is 1100. The van der Waals surface area contributed by atoms with Gasteiger partial charge in [-0.05, 0) is 42.3 Å². The molecule has 0 bridgehead atoms. The van der Waals surface area contributed by atoms with E-state index in [1.165, 1.54) is 29.2 Å². The summed E-state index contributed by atoms with van der Waals surface area (Å²) in [6.07, 6.45) is 3.67.